The number of benzene rings is 1. The number of carbonyl (C=O) groups is 1. The van der Waals surface area contributed by atoms with Gasteiger partial charge in [0.25, 0.3) is 0 Å². The number of aryl methyl sites for hydroxylation is 2. The van der Waals surface area contributed by atoms with Crippen molar-refractivity contribution in [3.63, 3.8) is 0 Å². The molecule has 0 atom stereocenters. The molecule has 1 aromatic carbocycles. The van der Waals surface area contributed by atoms with E-state index in [9.17, 15) is 4.79 Å². The first-order valence-corrected chi connectivity index (χ1v) is 5.99. The highest BCUT2D eigenvalue weighted by Gasteiger charge is 2.20. The van der Waals surface area contributed by atoms with Crippen molar-refractivity contribution in [3.05, 3.63) is 35.4 Å². The minimum Gasteiger partial charge on any atom is -0.299 e. The van der Waals surface area contributed by atoms with Gasteiger partial charge in [-0.15, -0.1) is 0 Å². The van der Waals surface area contributed by atoms with Gasteiger partial charge in [-0.1, -0.05) is 45.0 Å². The van der Waals surface area contributed by atoms with Crippen LogP contribution in [0.4, 0.5) is 0 Å². The van der Waals surface area contributed by atoms with Gasteiger partial charge < -0.3 is 0 Å². The molecule has 0 unspecified atom stereocenters. The van der Waals surface area contributed by atoms with E-state index in [1.807, 2.05) is 20.8 Å². The number of carbonyl (C=O) groups excluding carboxylic acids is 1. The Morgan fingerprint density at radius 3 is 2.38 bits per heavy atom. The highest BCUT2D eigenvalue weighted by atomic mass is 16.1. The lowest BCUT2D eigenvalue weighted by atomic mass is 9.87. The quantitative estimate of drug-likeness (QED) is 0.748. The fraction of sp³-hybridized carbons (Fsp3) is 0.533. The van der Waals surface area contributed by atoms with Crippen LogP contribution in [-0.4, -0.2) is 5.78 Å². The third kappa shape index (κ3) is 3.80. The Morgan fingerprint density at radius 1 is 1.19 bits per heavy atom. The van der Waals surface area contributed by atoms with Gasteiger partial charge in [0.15, 0.2) is 0 Å². The molecule has 0 fully saturated rings. The molecule has 1 rings (SSSR count). The maximum Gasteiger partial charge on any atom is 0.138 e. The number of hydrogen-bond acceptors (Lipinski definition) is 1. The summed E-state index contributed by atoms with van der Waals surface area (Å²) in [4.78, 5) is 11.7. The van der Waals surface area contributed by atoms with Crippen molar-refractivity contribution in [2.24, 2.45) is 5.41 Å². The fourth-order valence-corrected chi connectivity index (χ4v) is 1.70. The van der Waals surface area contributed by atoms with Crippen LogP contribution in [0.5, 0.6) is 0 Å². The zero-order valence-corrected chi connectivity index (χ0v) is 10.8. The SMILES string of the molecule is Cc1ccccc1CCCC(=O)C(C)(C)C. The smallest absolute Gasteiger partial charge is 0.138 e. The summed E-state index contributed by atoms with van der Waals surface area (Å²) in [5.74, 6) is 0.362. The molecule has 0 aliphatic carbocycles. The molecule has 0 aliphatic heterocycles. The van der Waals surface area contributed by atoms with E-state index in [0.717, 1.165) is 12.8 Å². The minimum atomic E-state index is -0.189. The molecule has 88 valence electrons. The molecule has 0 aromatic heterocycles. The molecule has 0 saturated heterocycles. The van der Waals surface area contributed by atoms with Crippen LogP contribution in [0, 0.1) is 12.3 Å². The van der Waals surface area contributed by atoms with Crippen molar-refractivity contribution in [2.75, 3.05) is 0 Å². The Labute approximate surface area is 98.9 Å². The van der Waals surface area contributed by atoms with Crippen molar-refractivity contribution in [2.45, 2.75) is 47.0 Å². The van der Waals surface area contributed by atoms with Gasteiger partial charge in [-0.05, 0) is 30.9 Å². The highest BCUT2D eigenvalue weighted by molar-refractivity contribution is 5.83. The fourth-order valence-electron chi connectivity index (χ4n) is 1.70. The third-order valence-corrected chi connectivity index (χ3v) is 2.95. The van der Waals surface area contributed by atoms with Crippen LogP contribution in [0.1, 0.15) is 44.7 Å². The van der Waals surface area contributed by atoms with Crippen molar-refractivity contribution in [3.8, 4) is 0 Å². The van der Waals surface area contributed by atoms with Gasteiger partial charge in [0.2, 0.25) is 0 Å². The van der Waals surface area contributed by atoms with E-state index < -0.39 is 0 Å². The van der Waals surface area contributed by atoms with Crippen LogP contribution in [-0.2, 0) is 11.2 Å². The van der Waals surface area contributed by atoms with Gasteiger partial charge in [-0.25, -0.2) is 0 Å². The first-order chi connectivity index (χ1) is 7.41. The standard InChI is InChI=1S/C15H22O/c1-12-8-5-6-9-13(12)10-7-11-14(16)15(2,3)4/h5-6,8-9H,7,10-11H2,1-4H3. The van der Waals surface area contributed by atoms with Gasteiger partial charge in [0.05, 0.1) is 0 Å². The van der Waals surface area contributed by atoms with Crippen LogP contribution in [0.2, 0.25) is 0 Å². The predicted molar refractivity (Wildman–Crippen MR) is 68.6 cm³/mol. The van der Waals surface area contributed by atoms with Gasteiger partial charge in [-0.2, -0.15) is 0 Å². The van der Waals surface area contributed by atoms with E-state index in [2.05, 4.69) is 31.2 Å². The summed E-state index contributed by atoms with van der Waals surface area (Å²) in [6.45, 7) is 8.09. The normalized spacial score (nSPS) is 11.5. The Morgan fingerprint density at radius 2 is 1.81 bits per heavy atom. The lowest BCUT2D eigenvalue weighted by Gasteiger charge is -2.16. The second kappa shape index (κ2) is 5.29. The van der Waals surface area contributed by atoms with Crippen LogP contribution in [0.25, 0.3) is 0 Å². The molecule has 0 spiro atoms. The van der Waals surface area contributed by atoms with E-state index in [1.54, 1.807) is 0 Å². The van der Waals surface area contributed by atoms with Gasteiger partial charge in [0, 0.05) is 11.8 Å². The Kier molecular flexibility index (Phi) is 4.28. The number of rotatable bonds is 4. The Balaban J connectivity index is 2.43. The van der Waals surface area contributed by atoms with Crippen molar-refractivity contribution >= 4 is 5.78 Å². The maximum atomic E-state index is 11.7. The molecule has 0 radical (unpaired) electrons. The monoisotopic (exact) mass is 218 g/mol. The molecule has 0 N–H and O–H groups in total. The van der Waals surface area contributed by atoms with Crippen molar-refractivity contribution < 1.29 is 4.79 Å². The molecule has 0 saturated carbocycles. The minimum absolute atomic E-state index is 0.189. The molecule has 0 bridgehead atoms. The molecular formula is C15H22O. The number of Topliss-reactive ketones (excluding diaryl/α,β-unsaturated/α-hetero) is 1. The van der Waals surface area contributed by atoms with Gasteiger partial charge in [-0.3, -0.25) is 4.79 Å². The lowest BCUT2D eigenvalue weighted by Crippen LogP contribution is -2.19. The second-order valence-corrected chi connectivity index (χ2v) is 5.45. The third-order valence-electron chi connectivity index (χ3n) is 2.95. The van der Waals surface area contributed by atoms with Crippen LogP contribution < -0.4 is 0 Å². The summed E-state index contributed by atoms with van der Waals surface area (Å²) >= 11 is 0. The topological polar surface area (TPSA) is 17.1 Å². The van der Waals surface area contributed by atoms with E-state index in [-0.39, 0.29) is 5.41 Å². The molecule has 1 nitrogen and oxygen atoms in total. The first kappa shape index (κ1) is 13.0. The summed E-state index contributed by atoms with van der Waals surface area (Å²) in [7, 11) is 0. The van der Waals surface area contributed by atoms with Gasteiger partial charge in [0.1, 0.15) is 5.78 Å². The highest BCUT2D eigenvalue weighted by Crippen LogP contribution is 2.19. The number of ketones is 1. The van der Waals surface area contributed by atoms with E-state index >= 15 is 0 Å². The first-order valence-electron chi connectivity index (χ1n) is 5.99. The Hall–Kier alpha value is -1.11. The number of hydrogen-bond donors (Lipinski definition) is 0. The molecule has 0 heterocycles. The summed E-state index contributed by atoms with van der Waals surface area (Å²) in [5.41, 5.74) is 2.50. The zero-order chi connectivity index (χ0) is 12.2. The summed E-state index contributed by atoms with van der Waals surface area (Å²) in [6, 6.07) is 8.39. The van der Waals surface area contributed by atoms with Crippen LogP contribution in [0.15, 0.2) is 24.3 Å². The molecule has 1 heteroatoms. The summed E-state index contributed by atoms with van der Waals surface area (Å²) in [6.07, 6.45) is 2.66. The molecule has 1 aromatic rings. The Bertz CT molecular complexity index is 358. The molecular weight excluding hydrogens is 196 g/mol. The summed E-state index contributed by atoms with van der Waals surface area (Å²) in [5, 5.41) is 0. The van der Waals surface area contributed by atoms with Crippen LogP contribution >= 0.6 is 0 Å². The maximum absolute atomic E-state index is 11.7. The average molecular weight is 218 g/mol. The van der Waals surface area contributed by atoms with Crippen molar-refractivity contribution in [1.29, 1.82) is 0 Å². The van der Waals surface area contributed by atoms with E-state index in [4.69, 9.17) is 0 Å². The van der Waals surface area contributed by atoms with E-state index in [0.29, 0.717) is 12.2 Å². The molecule has 0 amide bonds. The predicted octanol–water partition coefficient (Wildman–Crippen LogP) is 3.93. The molecule has 0 aliphatic rings. The average Bonchev–Trinajstić information content (AvgIpc) is 2.19. The molecule has 16 heavy (non-hydrogen) atoms. The van der Waals surface area contributed by atoms with E-state index in [1.165, 1.54) is 11.1 Å². The van der Waals surface area contributed by atoms with Crippen LogP contribution in [0.3, 0.4) is 0 Å². The van der Waals surface area contributed by atoms with Crippen molar-refractivity contribution in [1.82, 2.24) is 0 Å². The largest absolute Gasteiger partial charge is 0.299 e. The lowest BCUT2D eigenvalue weighted by molar-refractivity contribution is -0.126. The van der Waals surface area contributed by atoms with Gasteiger partial charge >= 0.3 is 0 Å². The summed E-state index contributed by atoms with van der Waals surface area (Å²) < 4.78 is 0. The zero-order valence-electron chi connectivity index (χ0n) is 10.8. The second-order valence-electron chi connectivity index (χ2n) is 5.45.